The largest absolute Gasteiger partial charge is 0.325 e. The minimum atomic E-state index is -0.0348. The molecule has 0 saturated heterocycles. The lowest BCUT2D eigenvalue weighted by molar-refractivity contribution is -0.113. The molecular weight excluding hydrogens is 380 g/mol. The number of hydrogen-bond donors (Lipinski definition) is 1. The monoisotopic (exact) mass is 408 g/mol. The fourth-order valence-corrected chi connectivity index (χ4v) is 3.84. The van der Waals surface area contributed by atoms with Crippen LogP contribution in [-0.4, -0.2) is 26.4 Å². The highest BCUT2D eigenvalue weighted by Gasteiger charge is 2.16. The van der Waals surface area contributed by atoms with Crippen molar-refractivity contribution in [3.63, 3.8) is 0 Å². The molecular formula is C23H28N4OS. The Hall–Kier alpha value is -2.60. The molecule has 0 aliphatic carbocycles. The number of amides is 1. The molecule has 0 fully saturated rings. The van der Waals surface area contributed by atoms with Gasteiger partial charge in [0.05, 0.1) is 5.75 Å². The average Bonchev–Trinajstić information content (AvgIpc) is 3.04. The lowest BCUT2D eigenvalue weighted by atomic mass is 10.1. The number of carbonyl (C=O) groups is 1. The van der Waals surface area contributed by atoms with E-state index in [9.17, 15) is 4.79 Å². The van der Waals surface area contributed by atoms with Gasteiger partial charge in [-0.1, -0.05) is 68.1 Å². The molecule has 0 bridgehead atoms. The number of aromatic nitrogens is 3. The van der Waals surface area contributed by atoms with Crippen LogP contribution in [0.1, 0.15) is 36.4 Å². The highest BCUT2D eigenvalue weighted by molar-refractivity contribution is 7.99. The summed E-state index contributed by atoms with van der Waals surface area (Å²) < 4.78 is 2.15. The van der Waals surface area contributed by atoms with E-state index < -0.39 is 0 Å². The van der Waals surface area contributed by atoms with Crippen LogP contribution in [0, 0.1) is 19.8 Å². The zero-order chi connectivity index (χ0) is 20.8. The van der Waals surface area contributed by atoms with E-state index in [1.807, 2.05) is 50.2 Å². The molecule has 0 radical (unpaired) electrons. The van der Waals surface area contributed by atoms with Crippen LogP contribution < -0.4 is 5.32 Å². The van der Waals surface area contributed by atoms with E-state index in [0.717, 1.165) is 40.8 Å². The maximum absolute atomic E-state index is 12.5. The molecule has 0 aliphatic rings. The summed E-state index contributed by atoms with van der Waals surface area (Å²) in [5.41, 5.74) is 4.25. The van der Waals surface area contributed by atoms with Crippen LogP contribution in [0.25, 0.3) is 0 Å². The second-order valence-electron chi connectivity index (χ2n) is 7.72. The van der Waals surface area contributed by atoms with Gasteiger partial charge in [0.25, 0.3) is 0 Å². The average molecular weight is 409 g/mol. The van der Waals surface area contributed by atoms with Crippen LogP contribution in [0.3, 0.4) is 0 Å². The van der Waals surface area contributed by atoms with E-state index in [-0.39, 0.29) is 5.91 Å². The second-order valence-corrected chi connectivity index (χ2v) is 8.66. The van der Waals surface area contributed by atoms with E-state index in [4.69, 9.17) is 0 Å². The standard InChI is InChI=1S/C23H28N4OS/c1-16(2)14-27-21(13-19-8-6-5-7-9-19)25-26-23(27)29-15-22(28)24-20-12-17(3)10-11-18(20)4/h5-12,16H,13-15H2,1-4H3,(H,24,28). The summed E-state index contributed by atoms with van der Waals surface area (Å²) in [6, 6.07) is 16.3. The quantitative estimate of drug-likeness (QED) is 0.540. The molecule has 1 N–H and O–H groups in total. The minimum Gasteiger partial charge on any atom is -0.325 e. The minimum absolute atomic E-state index is 0.0348. The molecule has 3 aromatic rings. The van der Waals surface area contributed by atoms with Crippen LogP contribution in [-0.2, 0) is 17.8 Å². The van der Waals surface area contributed by atoms with Crippen molar-refractivity contribution in [2.75, 3.05) is 11.1 Å². The van der Waals surface area contributed by atoms with E-state index in [0.29, 0.717) is 11.7 Å². The number of thioether (sulfide) groups is 1. The van der Waals surface area contributed by atoms with Crippen LogP contribution in [0.2, 0.25) is 0 Å². The third-order valence-corrected chi connectivity index (χ3v) is 5.51. The first-order valence-corrected chi connectivity index (χ1v) is 10.9. The Morgan fingerprint density at radius 1 is 1.10 bits per heavy atom. The lowest BCUT2D eigenvalue weighted by Crippen LogP contribution is -2.16. The van der Waals surface area contributed by atoms with Crippen molar-refractivity contribution >= 4 is 23.4 Å². The van der Waals surface area contributed by atoms with Crippen molar-refractivity contribution in [2.24, 2.45) is 5.92 Å². The topological polar surface area (TPSA) is 59.8 Å². The Kier molecular flexibility index (Phi) is 7.09. The first-order chi connectivity index (χ1) is 13.9. The number of rotatable bonds is 8. The molecule has 0 spiro atoms. The van der Waals surface area contributed by atoms with Gasteiger partial charge in [-0.25, -0.2) is 0 Å². The summed E-state index contributed by atoms with van der Waals surface area (Å²) >= 11 is 1.44. The van der Waals surface area contributed by atoms with Crippen molar-refractivity contribution in [1.29, 1.82) is 0 Å². The van der Waals surface area contributed by atoms with E-state index in [1.165, 1.54) is 17.3 Å². The summed E-state index contributed by atoms with van der Waals surface area (Å²) in [5, 5.41) is 12.6. The van der Waals surface area contributed by atoms with Gasteiger partial charge in [0.1, 0.15) is 5.82 Å². The number of aryl methyl sites for hydroxylation is 2. The Labute approximate surface area is 176 Å². The molecule has 5 nitrogen and oxygen atoms in total. The Balaban J connectivity index is 1.69. The molecule has 29 heavy (non-hydrogen) atoms. The van der Waals surface area contributed by atoms with Crippen molar-refractivity contribution in [1.82, 2.24) is 14.8 Å². The molecule has 3 rings (SSSR count). The van der Waals surface area contributed by atoms with Gasteiger partial charge in [0.15, 0.2) is 5.16 Å². The Morgan fingerprint density at radius 3 is 2.59 bits per heavy atom. The number of carbonyl (C=O) groups excluding carboxylic acids is 1. The van der Waals surface area contributed by atoms with Crippen molar-refractivity contribution in [3.05, 3.63) is 71.0 Å². The van der Waals surface area contributed by atoms with E-state index in [1.54, 1.807) is 0 Å². The fraction of sp³-hybridized carbons (Fsp3) is 0.348. The molecule has 6 heteroatoms. The van der Waals surface area contributed by atoms with Crippen molar-refractivity contribution in [3.8, 4) is 0 Å². The van der Waals surface area contributed by atoms with Crippen molar-refractivity contribution in [2.45, 2.75) is 45.8 Å². The SMILES string of the molecule is Cc1ccc(C)c(NC(=O)CSc2nnc(Cc3ccccc3)n2CC(C)C)c1. The first-order valence-electron chi connectivity index (χ1n) is 9.88. The number of nitrogens with zero attached hydrogens (tertiary/aromatic N) is 3. The van der Waals surface area contributed by atoms with Gasteiger partial charge in [-0.3, -0.25) is 4.79 Å². The molecule has 1 aromatic heterocycles. The molecule has 1 heterocycles. The lowest BCUT2D eigenvalue weighted by Gasteiger charge is -2.13. The third-order valence-electron chi connectivity index (χ3n) is 4.55. The van der Waals surface area contributed by atoms with Crippen LogP contribution in [0.15, 0.2) is 53.7 Å². The second kappa shape index (κ2) is 9.74. The molecule has 0 saturated carbocycles. The van der Waals surface area contributed by atoms with Crippen LogP contribution >= 0.6 is 11.8 Å². The summed E-state index contributed by atoms with van der Waals surface area (Å²) in [6.45, 7) is 9.20. The molecule has 0 aliphatic heterocycles. The highest BCUT2D eigenvalue weighted by atomic mass is 32.2. The zero-order valence-electron chi connectivity index (χ0n) is 17.5. The number of nitrogens with one attached hydrogen (secondary N) is 1. The summed E-state index contributed by atoms with van der Waals surface area (Å²) in [4.78, 5) is 12.5. The summed E-state index contributed by atoms with van der Waals surface area (Å²) in [6.07, 6.45) is 0.732. The zero-order valence-corrected chi connectivity index (χ0v) is 18.3. The Bertz CT molecular complexity index is 966. The number of hydrogen-bond acceptors (Lipinski definition) is 4. The van der Waals surface area contributed by atoms with Crippen molar-refractivity contribution < 1.29 is 4.79 Å². The number of benzene rings is 2. The molecule has 1 amide bonds. The van der Waals surface area contributed by atoms with Gasteiger partial charge in [0, 0.05) is 18.7 Å². The maximum Gasteiger partial charge on any atom is 0.234 e. The summed E-state index contributed by atoms with van der Waals surface area (Å²) in [7, 11) is 0. The van der Waals surface area contributed by atoms with Gasteiger partial charge >= 0.3 is 0 Å². The van der Waals surface area contributed by atoms with Gasteiger partial charge in [-0.05, 0) is 42.5 Å². The van der Waals surface area contributed by atoms with Gasteiger partial charge < -0.3 is 9.88 Å². The van der Waals surface area contributed by atoms with Crippen LogP contribution in [0.4, 0.5) is 5.69 Å². The van der Waals surface area contributed by atoms with E-state index >= 15 is 0 Å². The van der Waals surface area contributed by atoms with E-state index in [2.05, 4.69) is 46.1 Å². The third kappa shape index (κ3) is 5.94. The highest BCUT2D eigenvalue weighted by Crippen LogP contribution is 2.22. The molecule has 0 atom stereocenters. The smallest absolute Gasteiger partial charge is 0.234 e. The normalized spacial score (nSPS) is 11.1. The number of anilines is 1. The molecule has 152 valence electrons. The fourth-order valence-electron chi connectivity index (χ4n) is 3.07. The Morgan fingerprint density at radius 2 is 1.86 bits per heavy atom. The predicted molar refractivity (Wildman–Crippen MR) is 119 cm³/mol. The van der Waals surface area contributed by atoms with Crippen LogP contribution in [0.5, 0.6) is 0 Å². The van der Waals surface area contributed by atoms with Gasteiger partial charge in [0.2, 0.25) is 5.91 Å². The summed E-state index contributed by atoms with van der Waals surface area (Å²) in [5.74, 6) is 1.66. The van der Waals surface area contributed by atoms with Gasteiger partial charge in [-0.2, -0.15) is 0 Å². The first kappa shape index (κ1) is 21.1. The predicted octanol–water partition coefficient (Wildman–Crippen LogP) is 4.87. The molecule has 0 unspecified atom stereocenters. The molecule has 2 aromatic carbocycles. The maximum atomic E-state index is 12.5. The van der Waals surface area contributed by atoms with Gasteiger partial charge in [-0.15, -0.1) is 10.2 Å².